The highest BCUT2D eigenvalue weighted by Gasteiger charge is 2.26. The van der Waals surface area contributed by atoms with Gasteiger partial charge in [-0.3, -0.25) is 9.59 Å². The van der Waals surface area contributed by atoms with Crippen LogP contribution in [0.15, 0.2) is 24.3 Å². The summed E-state index contributed by atoms with van der Waals surface area (Å²) in [6.45, 7) is 1.89. The van der Waals surface area contributed by atoms with Crippen molar-refractivity contribution in [2.75, 3.05) is 6.61 Å². The molecule has 0 aliphatic heterocycles. The Morgan fingerprint density at radius 3 is 2.30 bits per heavy atom. The van der Waals surface area contributed by atoms with Crippen molar-refractivity contribution < 1.29 is 19.4 Å². The number of aryl methyl sites for hydroxylation is 1. The molecule has 0 aliphatic carbocycles. The number of hydrogen-bond acceptors (Lipinski definition) is 3. The number of hydrogen-bond donors (Lipinski definition) is 1. The predicted octanol–water partition coefficient (Wildman–Crippen LogP) is 4.49. The van der Waals surface area contributed by atoms with E-state index in [1.165, 1.54) is 5.56 Å². The molecule has 0 amide bonds. The lowest BCUT2D eigenvalue weighted by molar-refractivity contribution is -0.158. The number of carbonyl (C=O) groups excluding carboxylic acids is 1. The molecule has 1 unspecified atom stereocenters. The summed E-state index contributed by atoms with van der Waals surface area (Å²) in [5.74, 6) is -2.74. The highest BCUT2D eigenvalue weighted by molar-refractivity contribution is 6.30. The maximum atomic E-state index is 11.5. The number of esters is 1. The number of benzene rings is 1. The van der Waals surface area contributed by atoms with Crippen molar-refractivity contribution in [3.63, 3.8) is 0 Å². The van der Waals surface area contributed by atoms with Gasteiger partial charge in [0, 0.05) is 5.02 Å². The van der Waals surface area contributed by atoms with Gasteiger partial charge in [0.1, 0.15) is 0 Å². The summed E-state index contributed by atoms with van der Waals surface area (Å²) in [6.07, 6.45) is 6.29. The molecule has 0 fully saturated rings. The lowest BCUT2D eigenvalue weighted by Gasteiger charge is -2.10. The molecule has 0 aromatic heterocycles. The van der Waals surface area contributed by atoms with E-state index < -0.39 is 17.9 Å². The molecule has 0 saturated carbocycles. The van der Waals surface area contributed by atoms with Gasteiger partial charge in [0.2, 0.25) is 0 Å². The van der Waals surface area contributed by atoms with E-state index in [0.717, 1.165) is 43.5 Å². The Morgan fingerprint density at radius 2 is 1.70 bits per heavy atom. The molecule has 0 heterocycles. The first kappa shape index (κ1) is 19.5. The summed E-state index contributed by atoms with van der Waals surface area (Å²) in [4.78, 5) is 22.6. The summed E-state index contributed by atoms with van der Waals surface area (Å²) in [6, 6.07) is 7.88. The summed E-state index contributed by atoms with van der Waals surface area (Å²) in [5.41, 5.74) is 1.28. The first-order valence-corrected chi connectivity index (χ1v) is 8.56. The van der Waals surface area contributed by atoms with Gasteiger partial charge < -0.3 is 9.84 Å². The number of halogens is 1. The van der Waals surface area contributed by atoms with E-state index >= 15 is 0 Å². The fourth-order valence-corrected chi connectivity index (χ4v) is 2.57. The monoisotopic (exact) mass is 340 g/mol. The van der Waals surface area contributed by atoms with E-state index in [-0.39, 0.29) is 6.61 Å². The second-order valence-corrected chi connectivity index (χ2v) is 6.01. The molecule has 1 N–H and O–H groups in total. The third kappa shape index (κ3) is 8.03. The van der Waals surface area contributed by atoms with Gasteiger partial charge in [-0.2, -0.15) is 0 Å². The van der Waals surface area contributed by atoms with Gasteiger partial charge in [0.15, 0.2) is 5.92 Å². The second kappa shape index (κ2) is 11.1. The molecular formula is C18H25ClO4. The maximum absolute atomic E-state index is 11.5. The molecule has 0 radical (unpaired) electrons. The Kier molecular flexibility index (Phi) is 9.37. The largest absolute Gasteiger partial charge is 0.481 e. The average Bonchev–Trinajstić information content (AvgIpc) is 2.51. The van der Waals surface area contributed by atoms with Gasteiger partial charge in [-0.15, -0.1) is 0 Å². The van der Waals surface area contributed by atoms with Crippen LogP contribution in [0.1, 0.15) is 51.0 Å². The number of carboxylic acids is 1. The van der Waals surface area contributed by atoms with Gasteiger partial charge >= 0.3 is 11.9 Å². The van der Waals surface area contributed by atoms with Crippen LogP contribution in [0.25, 0.3) is 0 Å². The molecule has 1 rings (SSSR count). The second-order valence-electron chi connectivity index (χ2n) is 5.58. The van der Waals surface area contributed by atoms with Crippen molar-refractivity contribution in [2.45, 2.75) is 51.9 Å². The summed E-state index contributed by atoms with van der Waals surface area (Å²) >= 11 is 5.85. The van der Waals surface area contributed by atoms with Crippen LogP contribution in [0, 0.1) is 5.92 Å². The maximum Gasteiger partial charge on any atom is 0.320 e. The van der Waals surface area contributed by atoms with E-state index in [4.69, 9.17) is 21.4 Å². The molecule has 5 heteroatoms. The van der Waals surface area contributed by atoms with E-state index in [9.17, 15) is 9.59 Å². The zero-order chi connectivity index (χ0) is 17.1. The lowest BCUT2D eigenvalue weighted by atomic mass is 10.00. The standard InChI is InChI=1S/C18H25ClO4/c1-2-23-18(22)16(17(20)21)9-7-5-3-4-6-8-14-10-12-15(19)13-11-14/h10-13,16H,2-9H2,1H3,(H,20,21). The molecule has 0 aliphatic rings. The highest BCUT2D eigenvalue weighted by Crippen LogP contribution is 2.16. The van der Waals surface area contributed by atoms with Crippen molar-refractivity contribution in [3.8, 4) is 0 Å². The van der Waals surface area contributed by atoms with Crippen LogP contribution in [-0.4, -0.2) is 23.7 Å². The predicted molar refractivity (Wildman–Crippen MR) is 90.6 cm³/mol. The van der Waals surface area contributed by atoms with Crippen molar-refractivity contribution in [3.05, 3.63) is 34.9 Å². The van der Waals surface area contributed by atoms with Gasteiger partial charge in [-0.25, -0.2) is 0 Å². The van der Waals surface area contributed by atoms with Crippen LogP contribution in [0.4, 0.5) is 0 Å². The molecule has 23 heavy (non-hydrogen) atoms. The van der Waals surface area contributed by atoms with Crippen LogP contribution < -0.4 is 0 Å². The van der Waals surface area contributed by atoms with E-state index in [0.29, 0.717) is 6.42 Å². The Morgan fingerprint density at radius 1 is 1.09 bits per heavy atom. The van der Waals surface area contributed by atoms with Crippen LogP contribution in [0.2, 0.25) is 5.02 Å². The fraction of sp³-hybridized carbons (Fsp3) is 0.556. The van der Waals surface area contributed by atoms with E-state index in [1.54, 1.807) is 6.92 Å². The highest BCUT2D eigenvalue weighted by atomic mass is 35.5. The molecular weight excluding hydrogens is 316 g/mol. The van der Waals surface area contributed by atoms with E-state index in [2.05, 4.69) is 0 Å². The van der Waals surface area contributed by atoms with Crippen molar-refractivity contribution in [1.29, 1.82) is 0 Å². The first-order valence-electron chi connectivity index (χ1n) is 8.18. The number of carboxylic acid groups (broad SMARTS) is 1. The minimum atomic E-state index is -1.09. The van der Waals surface area contributed by atoms with Crippen molar-refractivity contribution >= 4 is 23.5 Å². The quantitative estimate of drug-likeness (QED) is 0.366. The summed E-state index contributed by atoms with van der Waals surface area (Å²) < 4.78 is 4.79. The first-order chi connectivity index (χ1) is 11.0. The molecule has 0 saturated heterocycles. The van der Waals surface area contributed by atoms with Crippen LogP contribution in [-0.2, 0) is 20.7 Å². The Bertz CT molecular complexity index is 484. The van der Waals surface area contributed by atoms with Crippen molar-refractivity contribution in [2.24, 2.45) is 5.92 Å². The Balaban J connectivity index is 2.13. The third-order valence-electron chi connectivity index (χ3n) is 3.74. The Hall–Kier alpha value is -1.55. The minimum Gasteiger partial charge on any atom is -0.481 e. The number of ether oxygens (including phenoxy) is 1. The number of unbranched alkanes of at least 4 members (excludes halogenated alkanes) is 4. The smallest absolute Gasteiger partial charge is 0.320 e. The van der Waals surface area contributed by atoms with Crippen LogP contribution >= 0.6 is 11.6 Å². The van der Waals surface area contributed by atoms with Gasteiger partial charge in [0.25, 0.3) is 0 Å². The van der Waals surface area contributed by atoms with Crippen LogP contribution in [0.3, 0.4) is 0 Å². The average molecular weight is 341 g/mol. The van der Waals surface area contributed by atoms with Gasteiger partial charge in [0.05, 0.1) is 6.61 Å². The molecule has 128 valence electrons. The zero-order valence-electron chi connectivity index (χ0n) is 13.6. The number of carbonyl (C=O) groups is 2. The van der Waals surface area contributed by atoms with Gasteiger partial charge in [-0.1, -0.05) is 49.4 Å². The molecule has 0 spiro atoms. The minimum absolute atomic E-state index is 0.216. The zero-order valence-corrected chi connectivity index (χ0v) is 14.3. The van der Waals surface area contributed by atoms with Gasteiger partial charge in [-0.05, 0) is 43.9 Å². The SMILES string of the molecule is CCOC(=O)C(CCCCCCCc1ccc(Cl)cc1)C(=O)O. The third-order valence-corrected chi connectivity index (χ3v) is 3.99. The van der Waals surface area contributed by atoms with E-state index in [1.807, 2.05) is 24.3 Å². The number of rotatable bonds is 11. The lowest BCUT2D eigenvalue weighted by Crippen LogP contribution is -2.25. The fourth-order valence-electron chi connectivity index (χ4n) is 2.44. The number of aliphatic carboxylic acids is 1. The normalized spacial score (nSPS) is 11.9. The van der Waals surface area contributed by atoms with Crippen LogP contribution in [0.5, 0.6) is 0 Å². The summed E-state index contributed by atoms with van der Waals surface area (Å²) in [5, 5.41) is 9.80. The molecule has 4 nitrogen and oxygen atoms in total. The Labute approximate surface area is 142 Å². The molecule has 1 aromatic carbocycles. The summed E-state index contributed by atoms with van der Waals surface area (Å²) in [7, 11) is 0. The molecule has 1 aromatic rings. The topological polar surface area (TPSA) is 63.6 Å². The van der Waals surface area contributed by atoms with Crippen molar-refractivity contribution in [1.82, 2.24) is 0 Å². The molecule has 1 atom stereocenters. The molecule has 0 bridgehead atoms.